The molecular formula is C20H26N2O. The van der Waals surface area contributed by atoms with Crippen molar-refractivity contribution >= 4 is 5.91 Å². The van der Waals surface area contributed by atoms with Gasteiger partial charge in [-0.2, -0.15) is 0 Å². The third kappa shape index (κ3) is 4.20. The summed E-state index contributed by atoms with van der Waals surface area (Å²) in [5, 5.41) is 2.98. The Labute approximate surface area is 138 Å². The molecule has 2 aromatic rings. The van der Waals surface area contributed by atoms with Crippen LogP contribution in [0.3, 0.4) is 0 Å². The first-order valence-corrected chi connectivity index (χ1v) is 8.13. The summed E-state index contributed by atoms with van der Waals surface area (Å²) in [5.74, 6) is -0.00636. The van der Waals surface area contributed by atoms with Crippen LogP contribution in [0.15, 0.2) is 54.6 Å². The number of aryl methyl sites for hydroxylation is 1. The molecule has 0 fully saturated rings. The number of hydrogen-bond acceptors (Lipinski definition) is 2. The van der Waals surface area contributed by atoms with E-state index in [-0.39, 0.29) is 11.9 Å². The van der Waals surface area contributed by atoms with Gasteiger partial charge < -0.3 is 11.1 Å². The number of hydrogen-bond donors (Lipinski definition) is 2. The van der Waals surface area contributed by atoms with Crippen LogP contribution in [0.1, 0.15) is 43.5 Å². The molecule has 3 heteroatoms. The molecule has 0 bridgehead atoms. The molecule has 3 nitrogen and oxygen atoms in total. The molecule has 0 aliphatic rings. The van der Waals surface area contributed by atoms with Crippen molar-refractivity contribution in [3.63, 3.8) is 0 Å². The molecule has 0 aromatic heterocycles. The summed E-state index contributed by atoms with van der Waals surface area (Å²) >= 11 is 0. The Kier molecular flexibility index (Phi) is 5.56. The zero-order chi connectivity index (χ0) is 16.9. The Balaban J connectivity index is 2.00. The van der Waals surface area contributed by atoms with Crippen LogP contribution in [0.25, 0.3) is 0 Å². The maximum atomic E-state index is 12.6. The fourth-order valence-corrected chi connectivity index (χ4v) is 2.53. The second-order valence-corrected chi connectivity index (χ2v) is 6.40. The van der Waals surface area contributed by atoms with E-state index in [1.807, 2.05) is 56.3 Å². The van der Waals surface area contributed by atoms with Crippen molar-refractivity contribution in [2.24, 2.45) is 5.73 Å². The lowest BCUT2D eigenvalue weighted by atomic mass is 9.83. The van der Waals surface area contributed by atoms with Gasteiger partial charge in [0.15, 0.2) is 0 Å². The van der Waals surface area contributed by atoms with E-state index in [1.165, 1.54) is 5.56 Å². The van der Waals surface area contributed by atoms with Crippen LogP contribution in [0.2, 0.25) is 0 Å². The van der Waals surface area contributed by atoms with Gasteiger partial charge in [-0.05, 0) is 37.0 Å². The summed E-state index contributed by atoms with van der Waals surface area (Å²) in [4.78, 5) is 12.6. The summed E-state index contributed by atoms with van der Waals surface area (Å²) < 4.78 is 0. The van der Waals surface area contributed by atoms with Crippen molar-refractivity contribution in [3.8, 4) is 0 Å². The number of rotatable bonds is 6. The Morgan fingerprint density at radius 1 is 1.09 bits per heavy atom. The molecule has 122 valence electrons. The number of carbonyl (C=O) groups excluding carboxylic acids is 1. The molecule has 1 atom stereocenters. The monoisotopic (exact) mass is 310 g/mol. The first kappa shape index (κ1) is 17.2. The van der Waals surface area contributed by atoms with E-state index in [1.54, 1.807) is 0 Å². The van der Waals surface area contributed by atoms with E-state index in [4.69, 9.17) is 5.73 Å². The molecule has 0 heterocycles. The zero-order valence-corrected chi connectivity index (χ0v) is 14.2. The van der Waals surface area contributed by atoms with Crippen molar-refractivity contribution in [1.82, 2.24) is 5.32 Å². The minimum Gasteiger partial charge on any atom is -0.353 e. The smallest absolute Gasteiger partial charge is 0.230 e. The van der Waals surface area contributed by atoms with Gasteiger partial charge in [0.2, 0.25) is 5.91 Å². The van der Waals surface area contributed by atoms with Crippen LogP contribution in [0, 0.1) is 0 Å². The molecule has 0 saturated carbocycles. The van der Waals surface area contributed by atoms with Gasteiger partial charge in [-0.15, -0.1) is 0 Å². The molecule has 23 heavy (non-hydrogen) atoms. The Morgan fingerprint density at radius 2 is 1.70 bits per heavy atom. The van der Waals surface area contributed by atoms with Gasteiger partial charge in [0.25, 0.3) is 0 Å². The summed E-state index contributed by atoms with van der Waals surface area (Å²) in [6.07, 6.45) is 0.999. The van der Waals surface area contributed by atoms with Crippen LogP contribution in [0.5, 0.6) is 0 Å². The fourth-order valence-electron chi connectivity index (χ4n) is 2.53. The van der Waals surface area contributed by atoms with Gasteiger partial charge >= 0.3 is 0 Å². The molecule has 1 unspecified atom stereocenters. The van der Waals surface area contributed by atoms with E-state index in [0.29, 0.717) is 6.54 Å². The maximum absolute atomic E-state index is 12.6. The van der Waals surface area contributed by atoms with Crippen LogP contribution in [-0.2, 0) is 16.6 Å². The SMILES string of the molecule is CCc1ccc(C(C)(C)C(=O)NCC(N)c2ccccc2)cc1. The normalized spacial score (nSPS) is 12.7. The first-order chi connectivity index (χ1) is 10.9. The maximum Gasteiger partial charge on any atom is 0.230 e. The van der Waals surface area contributed by atoms with Gasteiger partial charge in [-0.25, -0.2) is 0 Å². The third-order valence-corrected chi connectivity index (χ3v) is 4.36. The predicted molar refractivity (Wildman–Crippen MR) is 95.2 cm³/mol. The standard InChI is InChI=1S/C20H26N2O/c1-4-15-10-12-17(13-11-15)20(2,3)19(23)22-14-18(21)16-8-6-5-7-9-16/h5-13,18H,4,14,21H2,1-3H3,(H,22,23). The predicted octanol–water partition coefficient (Wildman–Crippen LogP) is 3.34. The van der Waals surface area contributed by atoms with Gasteiger partial charge in [0.05, 0.1) is 5.41 Å². The molecule has 0 aliphatic carbocycles. The number of carbonyl (C=O) groups is 1. The number of benzene rings is 2. The molecule has 0 spiro atoms. The molecular weight excluding hydrogens is 284 g/mol. The number of nitrogens with two attached hydrogens (primary N) is 1. The van der Waals surface area contributed by atoms with Crippen LogP contribution >= 0.6 is 0 Å². The van der Waals surface area contributed by atoms with E-state index in [0.717, 1.165) is 17.5 Å². The highest BCUT2D eigenvalue weighted by molar-refractivity contribution is 5.87. The lowest BCUT2D eigenvalue weighted by molar-refractivity contribution is -0.125. The third-order valence-electron chi connectivity index (χ3n) is 4.36. The average Bonchev–Trinajstić information content (AvgIpc) is 2.60. The van der Waals surface area contributed by atoms with E-state index < -0.39 is 5.41 Å². The largest absolute Gasteiger partial charge is 0.353 e. The minimum absolute atomic E-state index is 0.00636. The molecule has 2 aromatic carbocycles. The summed E-state index contributed by atoms with van der Waals surface area (Å²) in [6.45, 7) is 6.44. The van der Waals surface area contributed by atoms with Crippen molar-refractivity contribution < 1.29 is 4.79 Å². The molecule has 0 saturated heterocycles. The highest BCUT2D eigenvalue weighted by atomic mass is 16.2. The number of nitrogens with one attached hydrogen (secondary N) is 1. The number of amides is 1. The van der Waals surface area contributed by atoms with Gasteiger partial charge in [-0.1, -0.05) is 61.5 Å². The molecule has 1 amide bonds. The average molecular weight is 310 g/mol. The van der Waals surface area contributed by atoms with Crippen molar-refractivity contribution in [2.75, 3.05) is 6.54 Å². The molecule has 0 aliphatic heterocycles. The first-order valence-electron chi connectivity index (χ1n) is 8.13. The van der Waals surface area contributed by atoms with E-state index in [9.17, 15) is 4.79 Å². The summed E-state index contributed by atoms with van der Waals surface area (Å²) in [7, 11) is 0. The Morgan fingerprint density at radius 3 is 2.26 bits per heavy atom. The fraction of sp³-hybridized carbons (Fsp3) is 0.350. The van der Waals surface area contributed by atoms with Gasteiger partial charge in [0.1, 0.15) is 0 Å². The van der Waals surface area contributed by atoms with E-state index >= 15 is 0 Å². The highest BCUT2D eigenvalue weighted by Gasteiger charge is 2.29. The van der Waals surface area contributed by atoms with Crippen molar-refractivity contribution in [1.29, 1.82) is 0 Å². The van der Waals surface area contributed by atoms with E-state index in [2.05, 4.69) is 24.4 Å². The second-order valence-electron chi connectivity index (χ2n) is 6.40. The van der Waals surface area contributed by atoms with Crippen molar-refractivity contribution in [3.05, 3.63) is 71.3 Å². The van der Waals surface area contributed by atoms with Crippen LogP contribution in [-0.4, -0.2) is 12.5 Å². The summed E-state index contributed by atoms with van der Waals surface area (Å²) in [5.41, 5.74) is 8.88. The Hall–Kier alpha value is -2.13. The highest BCUT2D eigenvalue weighted by Crippen LogP contribution is 2.24. The minimum atomic E-state index is -0.581. The van der Waals surface area contributed by atoms with Crippen LogP contribution in [0.4, 0.5) is 0 Å². The molecule has 0 radical (unpaired) electrons. The summed E-state index contributed by atoms with van der Waals surface area (Å²) in [6, 6.07) is 17.9. The topological polar surface area (TPSA) is 55.1 Å². The van der Waals surface area contributed by atoms with Crippen molar-refractivity contribution in [2.45, 2.75) is 38.6 Å². The van der Waals surface area contributed by atoms with Gasteiger partial charge in [0, 0.05) is 12.6 Å². The molecule has 2 rings (SSSR count). The van der Waals surface area contributed by atoms with Crippen LogP contribution < -0.4 is 11.1 Å². The quantitative estimate of drug-likeness (QED) is 0.860. The zero-order valence-electron chi connectivity index (χ0n) is 14.2. The lowest BCUT2D eigenvalue weighted by Crippen LogP contribution is -2.42. The lowest BCUT2D eigenvalue weighted by Gasteiger charge is -2.25. The molecule has 3 N–H and O–H groups in total. The van der Waals surface area contributed by atoms with Gasteiger partial charge in [-0.3, -0.25) is 4.79 Å². The second kappa shape index (κ2) is 7.42. The Bertz CT molecular complexity index is 632.